The summed E-state index contributed by atoms with van der Waals surface area (Å²) in [6.45, 7) is 6.04. The van der Waals surface area contributed by atoms with Crippen LogP contribution >= 0.6 is 0 Å². The maximum absolute atomic E-state index is 10.6. The largest absolute Gasteiger partial charge is 0.345 e. The van der Waals surface area contributed by atoms with Crippen molar-refractivity contribution in [1.29, 1.82) is 0 Å². The number of rotatable bonds is 2. The lowest BCUT2D eigenvalue weighted by atomic mass is 9.99. The molecule has 0 bridgehead atoms. The first-order chi connectivity index (χ1) is 8.37. The van der Waals surface area contributed by atoms with Gasteiger partial charge in [-0.2, -0.15) is 0 Å². The van der Waals surface area contributed by atoms with Crippen LogP contribution in [0.1, 0.15) is 39.0 Å². The third-order valence-corrected chi connectivity index (χ3v) is 2.94. The molecule has 1 aromatic carbocycles. The van der Waals surface area contributed by atoms with Gasteiger partial charge in [-0.1, -0.05) is 0 Å². The highest BCUT2D eigenvalue weighted by Crippen LogP contribution is 2.35. The molecule has 2 atom stereocenters. The van der Waals surface area contributed by atoms with Crippen molar-refractivity contribution in [2.24, 2.45) is 0 Å². The first-order valence-corrected chi connectivity index (χ1v) is 5.95. The van der Waals surface area contributed by atoms with E-state index in [2.05, 4.69) is 0 Å². The first-order valence-electron chi connectivity index (χ1n) is 5.95. The zero-order valence-electron chi connectivity index (χ0n) is 10.8. The Morgan fingerprint density at radius 3 is 2.44 bits per heavy atom. The van der Waals surface area contributed by atoms with Crippen molar-refractivity contribution in [2.75, 3.05) is 0 Å². The molecule has 1 aromatic rings. The van der Waals surface area contributed by atoms with Crippen molar-refractivity contribution in [3.8, 4) is 0 Å². The van der Waals surface area contributed by atoms with Gasteiger partial charge in [-0.15, -0.1) is 0 Å². The summed E-state index contributed by atoms with van der Waals surface area (Å²) in [5, 5.41) is 10.6. The van der Waals surface area contributed by atoms with Gasteiger partial charge < -0.3 is 9.47 Å². The Morgan fingerprint density at radius 2 is 1.94 bits per heavy atom. The van der Waals surface area contributed by atoms with E-state index in [1.54, 1.807) is 12.1 Å². The fraction of sp³-hybridized carbons (Fsp3) is 0.538. The van der Waals surface area contributed by atoms with Crippen molar-refractivity contribution in [3.63, 3.8) is 0 Å². The van der Waals surface area contributed by atoms with E-state index in [0.29, 0.717) is 0 Å². The molecule has 1 heterocycles. The van der Waals surface area contributed by atoms with E-state index in [1.807, 2.05) is 20.8 Å². The fourth-order valence-corrected chi connectivity index (χ4v) is 2.22. The molecule has 1 aliphatic rings. The summed E-state index contributed by atoms with van der Waals surface area (Å²) in [4.78, 5) is 10.2. The third-order valence-electron chi connectivity index (χ3n) is 2.94. The number of non-ortho nitro benzene ring substituents is 1. The molecule has 5 nitrogen and oxygen atoms in total. The number of hydrogen-bond acceptors (Lipinski definition) is 4. The van der Waals surface area contributed by atoms with Gasteiger partial charge in [-0.3, -0.25) is 10.1 Å². The topological polar surface area (TPSA) is 61.6 Å². The van der Waals surface area contributed by atoms with Crippen LogP contribution in [0.5, 0.6) is 0 Å². The molecule has 98 valence electrons. The van der Waals surface area contributed by atoms with Crippen LogP contribution in [0.4, 0.5) is 5.69 Å². The third kappa shape index (κ3) is 2.86. The van der Waals surface area contributed by atoms with Crippen LogP contribution in [0, 0.1) is 10.1 Å². The lowest BCUT2D eigenvalue weighted by molar-refractivity contribution is -0.384. The average Bonchev–Trinajstić information content (AvgIpc) is 2.26. The van der Waals surface area contributed by atoms with Gasteiger partial charge in [0.2, 0.25) is 0 Å². The van der Waals surface area contributed by atoms with Gasteiger partial charge in [-0.05, 0) is 32.9 Å². The Kier molecular flexibility index (Phi) is 3.36. The Balaban J connectivity index is 2.18. The first kappa shape index (κ1) is 13.0. The molecule has 0 spiro atoms. The van der Waals surface area contributed by atoms with Crippen molar-refractivity contribution in [3.05, 3.63) is 39.9 Å². The quantitative estimate of drug-likeness (QED) is 0.598. The van der Waals surface area contributed by atoms with Gasteiger partial charge in [0.25, 0.3) is 5.69 Å². The molecule has 0 N–H and O–H groups in total. The summed E-state index contributed by atoms with van der Waals surface area (Å²) in [5.74, 6) is 0. The molecular weight excluding hydrogens is 234 g/mol. The molecule has 0 aromatic heterocycles. The summed E-state index contributed by atoms with van der Waals surface area (Å²) in [6.07, 6.45) is 0.481. The lowest BCUT2D eigenvalue weighted by Crippen LogP contribution is -2.38. The molecule has 2 rings (SSSR count). The minimum Gasteiger partial charge on any atom is -0.345 e. The Hall–Kier alpha value is -1.46. The smallest absolute Gasteiger partial charge is 0.269 e. The van der Waals surface area contributed by atoms with Crippen molar-refractivity contribution in [1.82, 2.24) is 0 Å². The maximum atomic E-state index is 10.6. The van der Waals surface area contributed by atoms with Crippen molar-refractivity contribution < 1.29 is 14.4 Å². The van der Waals surface area contributed by atoms with Gasteiger partial charge >= 0.3 is 0 Å². The molecule has 2 unspecified atom stereocenters. The average molecular weight is 251 g/mol. The molecule has 1 fully saturated rings. The van der Waals surface area contributed by atoms with E-state index in [4.69, 9.17) is 9.47 Å². The van der Waals surface area contributed by atoms with Crippen LogP contribution in [0.25, 0.3) is 0 Å². The highest BCUT2D eigenvalue weighted by molar-refractivity contribution is 5.33. The highest BCUT2D eigenvalue weighted by Gasteiger charge is 2.34. The molecule has 0 saturated carbocycles. The van der Waals surface area contributed by atoms with Crippen molar-refractivity contribution in [2.45, 2.75) is 45.2 Å². The van der Waals surface area contributed by atoms with Crippen LogP contribution < -0.4 is 0 Å². The number of hydrogen-bond donors (Lipinski definition) is 0. The Bertz CT molecular complexity index is 441. The van der Waals surface area contributed by atoms with Crippen LogP contribution in [0.3, 0.4) is 0 Å². The Labute approximate surface area is 106 Å². The Morgan fingerprint density at radius 1 is 1.33 bits per heavy atom. The molecule has 1 aliphatic heterocycles. The van der Waals surface area contributed by atoms with E-state index in [-0.39, 0.29) is 17.4 Å². The number of benzene rings is 1. The predicted octanol–water partition coefficient (Wildman–Crippen LogP) is 3.20. The van der Waals surface area contributed by atoms with Crippen LogP contribution in [-0.2, 0) is 9.47 Å². The normalized spacial score (nSPS) is 26.8. The van der Waals surface area contributed by atoms with Gasteiger partial charge in [0.05, 0.1) is 16.6 Å². The monoisotopic (exact) mass is 251 g/mol. The molecule has 1 saturated heterocycles. The van der Waals surface area contributed by atoms with Gasteiger partial charge in [0, 0.05) is 24.1 Å². The van der Waals surface area contributed by atoms with E-state index in [0.717, 1.165) is 12.0 Å². The van der Waals surface area contributed by atoms with Gasteiger partial charge in [-0.25, -0.2) is 0 Å². The number of nitro benzene ring substituents is 1. The van der Waals surface area contributed by atoms with Crippen LogP contribution in [0.2, 0.25) is 0 Å². The minimum absolute atomic E-state index is 0.0712. The van der Waals surface area contributed by atoms with Gasteiger partial charge in [0.15, 0.2) is 6.29 Å². The van der Waals surface area contributed by atoms with E-state index in [9.17, 15) is 10.1 Å². The summed E-state index contributed by atoms with van der Waals surface area (Å²) in [5.41, 5.74) is 0.631. The molecule has 5 heteroatoms. The summed E-state index contributed by atoms with van der Waals surface area (Å²) in [6, 6.07) is 6.29. The molecule has 0 aliphatic carbocycles. The number of nitrogens with zero attached hydrogens (tertiary/aromatic N) is 1. The highest BCUT2D eigenvalue weighted by atomic mass is 16.7. The second-order valence-electron chi connectivity index (χ2n) is 5.21. The number of ether oxygens (including phenoxy) is 2. The minimum atomic E-state index is -0.454. The number of nitro groups is 1. The fourth-order valence-electron chi connectivity index (χ4n) is 2.22. The van der Waals surface area contributed by atoms with Crippen LogP contribution in [-0.4, -0.2) is 16.6 Å². The predicted molar refractivity (Wildman–Crippen MR) is 66.2 cm³/mol. The van der Waals surface area contributed by atoms with E-state index < -0.39 is 11.2 Å². The van der Waals surface area contributed by atoms with Crippen molar-refractivity contribution >= 4 is 5.69 Å². The lowest BCUT2D eigenvalue weighted by Gasteiger charge is -2.39. The molecule has 0 radical (unpaired) electrons. The van der Waals surface area contributed by atoms with Gasteiger partial charge in [0.1, 0.15) is 0 Å². The zero-order chi connectivity index (χ0) is 13.3. The standard InChI is InChI=1S/C13H17NO4/c1-9-8-13(2,3)18-12(17-9)10-4-6-11(7-5-10)14(15)16/h4-7,9,12H,8H2,1-3H3. The van der Waals surface area contributed by atoms with E-state index >= 15 is 0 Å². The SMILES string of the molecule is CC1CC(C)(C)OC(c2ccc([N+](=O)[O-])cc2)O1. The van der Waals surface area contributed by atoms with E-state index in [1.165, 1.54) is 12.1 Å². The summed E-state index contributed by atoms with van der Waals surface area (Å²) in [7, 11) is 0. The van der Waals surface area contributed by atoms with Crippen LogP contribution in [0.15, 0.2) is 24.3 Å². The zero-order valence-corrected chi connectivity index (χ0v) is 10.8. The molecular formula is C13H17NO4. The maximum Gasteiger partial charge on any atom is 0.269 e. The summed E-state index contributed by atoms with van der Waals surface area (Å²) < 4.78 is 11.6. The summed E-state index contributed by atoms with van der Waals surface area (Å²) >= 11 is 0. The molecule has 0 amide bonds. The second-order valence-corrected chi connectivity index (χ2v) is 5.21. The second kappa shape index (κ2) is 4.66. The molecule has 18 heavy (non-hydrogen) atoms.